The van der Waals surface area contributed by atoms with Crippen molar-refractivity contribution >= 4 is 56.8 Å². The van der Waals surface area contributed by atoms with Crippen LogP contribution in [0.1, 0.15) is 41.0 Å². The minimum atomic E-state index is -4.11. The summed E-state index contributed by atoms with van der Waals surface area (Å²) in [7, 11) is -1.08. The topological polar surface area (TPSA) is 134 Å². The SMILES string of the molecule is CCC(=O)Oc1c(Nc2nc(N(CC)CC)ncc2N(C(C)C)S(=O)(=O)c2ccc(Cl)cc2)cccc1OC(=O)N(C)C. The van der Waals surface area contributed by atoms with E-state index in [0.717, 1.165) is 0 Å². The van der Waals surface area contributed by atoms with Crippen LogP contribution < -0.4 is 24.0 Å². The highest BCUT2D eigenvalue weighted by Crippen LogP contribution is 2.40. The molecule has 0 unspecified atom stereocenters. The first-order chi connectivity index (χ1) is 20.3. The predicted octanol–water partition coefficient (Wildman–Crippen LogP) is 5.70. The molecule has 1 N–H and O–H groups in total. The number of halogens is 1. The van der Waals surface area contributed by atoms with E-state index in [2.05, 4.69) is 10.3 Å². The lowest BCUT2D eigenvalue weighted by Gasteiger charge is -2.30. The Labute approximate surface area is 257 Å². The lowest BCUT2D eigenvalue weighted by atomic mass is 10.2. The molecule has 1 heterocycles. The van der Waals surface area contributed by atoms with Crippen molar-refractivity contribution in [1.82, 2.24) is 14.9 Å². The average Bonchev–Trinajstić information content (AvgIpc) is 2.96. The highest BCUT2D eigenvalue weighted by atomic mass is 35.5. The number of anilines is 4. The van der Waals surface area contributed by atoms with E-state index in [4.69, 9.17) is 26.1 Å². The zero-order valence-corrected chi connectivity index (χ0v) is 26.9. The number of esters is 1. The van der Waals surface area contributed by atoms with Crippen LogP contribution in [0.4, 0.5) is 27.9 Å². The minimum absolute atomic E-state index is 0.0143. The van der Waals surface area contributed by atoms with Crippen LogP contribution in [0.3, 0.4) is 0 Å². The molecule has 3 rings (SSSR count). The summed E-state index contributed by atoms with van der Waals surface area (Å²) in [6, 6.07) is 9.98. The molecule has 43 heavy (non-hydrogen) atoms. The number of ether oxygens (including phenoxy) is 2. The van der Waals surface area contributed by atoms with Crippen LogP contribution >= 0.6 is 11.6 Å². The average molecular weight is 633 g/mol. The molecule has 14 heteroatoms. The molecule has 232 valence electrons. The Balaban J connectivity index is 2.25. The molecule has 0 bridgehead atoms. The van der Waals surface area contributed by atoms with Crippen LogP contribution in [-0.2, 0) is 14.8 Å². The van der Waals surface area contributed by atoms with Crippen LogP contribution in [0.2, 0.25) is 5.02 Å². The number of aromatic nitrogens is 2. The van der Waals surface area contributed by atoms with Crippen molar-refractivity contribution in [3.05, 3.63) is 53.7 Å². The second-order valence-corrected chi connectivity index (χ2v) is 12.0. The summed E-state index contributed by atoms with van der Waals surface area (Å²) in [5, 5.41) is 3.53. The number of carbonyl (C=O) groups is 2. The van der Waals surface area contributed by atoms with Gasteiger partial charge in [0.1, 0.15) is 5.69 Å². The maximum atomic E-state index is 14.0. The third-order valence-corrected chi connectivity index (χ3v) is 8.43. The number of hydrogen-bond donors (Lipinski definition) is 1. The number of nitrogens with zero attached hydrogens (tertiary/aromatic N) is 5. The number of para-hydroxylation sites is 1. The predicted molar refractivity (Wildman–Crippen MR) is 167 cm³/mol. The van der Waals surface area contributed by atoms with Crippen LogP contribution in [0, 0.1) is 0 Å². The summed E-state index contributed by atoms with van der Waals surface area (Å²) >= 11 is 6.02. The van der Waals surface area contributed by atoms with Gasteiger partial charge in [0.2, 0.25) is 5.95 Å². The van der Waals surface area contributed by atoms with E-state index in [1.54, 1.807) is 32.9 Å². The molecular weight excluding hydrogens is 596 g/mol. The monoisotopic (exact) mass is 632 g/mol. The molecule has 1 aromatic heterocycles. The van der Waals surface area contributed by atoms with Crippen LogP contribution in [0.5, 0.6) is 11.5 Å². The van der Waals surface area contributed by atoms with Gasteiger partial charge in [0.05, 0.1) is 16.8 Å². The third-order valence-electron chi connectivity index (χ3n) is 6.18. The Morgan fingerprint density at radius 1 is 1.00 bits per heavy atom. The van der Waals surface area contributed by atoms with Crippen molar-refractivity contribution in [1.29, 1.82) is 0 Å². The molecule has 2 aromatic carbocycles. The fraction of sp³-hybridized carbons (Fsp3) is 0.379. The first-order valence-electron chi connectivity index (χ1n) is 13.8. The van der Waals surface area contributed by atoms with E-state index in [1.807, 2.05) is 18.7 Å². The summed E-state index contributed by atoms with van der Waals surface area (Å²) in [4.78, 5) is 37.2. The fourth-order valence-corrected chi connectivity index (χ4v) is 5.76. The molecule has 1 amide bonds. The van der Waals surface area contributed by atoms with Gasteiger partial charge in [-0.25, -0.2) is 18.2 Å². The van der Waals surface area contributed by atoms with Gasteiger partial charge < -0.3 is 24.6 Å². The molecule has 0 spiro atoms. The first kappa shape index (κ1) is 33.4. The van der Waals surface area contributed by atoms with Crippen molar-refractivity contribution in [2.75, 3.05) is 41.7 Å². The number of amides is 1. The van der Waals surface area contributed by atoms with Crippen molar-refractivity contribution in [2.45, 2.75) is 52.0 Å². The van der Waals surface area contributed by atoms with Gasteiger partial charge in [-0.05, 0) is 64.1 Å². The van der Waals surface area contributed by atoms with E-state index in [9.17, 15) is 18.0 Å². The van der Waals surface area contributed by atoms with Gasteiger partial charge in [0, 0.05) is 44.7 Å². The highest BCUT2D eigenvalue weighted by Gasteiger charge is 2.31. The van der Waals surface area contributed by atoms with E-state index >= 15 is 0 Å². The number of nitrogens with one attached hydrogen (secondary N) is 1. The van der Waals surface area contributed by atoms with E-state index in [1.165, 1.54) is 59.8 Å². The molecule has 0 saturated carbocycles. The van der Waals surface area contributed by atoms with Crippen molar-refractivity contribution < 1.29 is 27.5 Å². The summed E-state index contributed by atoms with van der Waals surface area (Å²) < 4.78 is 40.2. The third kappa shape index (κ3) is 7.85. The van der Waals surface area contributed by atoms with Gasteiger partial charge in [0.25, 0.3) is 10.0 Å². The molecule has 0 aliphatic heterocycles. The largest absolute Gasteiger partial charge is 0.420 e. The minimum Gasteiger partial charge on any atom is -0.420 e. The molecule has 0 fully saturated rings. The molecule has 12 nitrogen and oxygen atoms in total. The Morgan fingerprint density at radius 3 is 2.21 bits per heavy atom. The van der Waals surface area contributed by atoms with Gasteiger partial charge in [0.15, 0.2) is 17.3 Å². The van der Waals surface area contributed by atoms with Gasteiger partial charge >= 0.3 is 12.1 Å². The maximum absolute atomic E-state index is 14.0. The second kappa shape index (κ2) is 14.4. The van der Waals surface area contributed by atoms with Crippen molar-refractivity contribution in [3.63, 3.8) is 0 Å². The van der Waals surface area contributed by atoms with Gasteiger partial charge in [-0.3, -0.25) is 9.10 Å². The molecule has 0 atom stereocenters. The van der Waals surface area contributed by atoms with Crippen LogP contribution in [0.25, 0.3) is 0 Å². The zero-order valence-electron chi connectivity index (χ0n) is 25.3. The number of rotatable bonds is 12. The molecule has 0 radical (unpaired) electrons. The summed E-state index contributed by atoms with van der Waals surface area (Å²) in [6.07, 6.45) is 0.808. The van der Waals surface area contributed by atoms with E-state index in [0.29, 0.717) is 24.1 Å². The van der Waals surface area contributed by atoms with Gasteiger partial charge in [-0.1, -0.05) is 24.6 Å². The molecule has 3 aromatic rings. The second-order valence-electron chi connectivity index (χ2n) is 9.77. The maximum Gasteiger partial charge on any atom is 0.414 e. The number of sulfonamides is 1. The van der Waals surface area contributed by atoms with Crippen molar-refractivity contribution in [2.24, 2.45) is 0 Å². The number of hydrogen-bond acceptors (Lipinski definition) is 10. The van der Waals surface area contributed by atoms with Gasteiger partial charge in [-0.15, -0.1) is 0 Å². The Bertz CT molecular complexity index is 1550. The summed E-state index contributed by atoms with van der Waals surface area (Å²) in [6.45, 7) is 10.2. The Kier molecular flexibility index (Phi) is 11.2. The van der Waals surface area contributed by atoms with E-state index in [-0.39, 0.29) is 40.0 Å². The molecular formula is C29H37ClN6O6S. The number of benzene rings is 2. The quantitative estimate of drug-likeness (QED) is 0.196. The summed E-state index contributed by atoms with van der Waals surface area (Å²) in [5.41, 5.74) is 0.355. The highest BCUT2D eigenvalue weighted by molar-refractivity contribution is 7.92. The lowest BCUT2D eigenvalue weighted by molar-refractivity contribution is -0.134. The molecule has 0 aliphatic rings. The molecule has 0 saturated heterocycles. The normalized spacial score (nSPS) is 11.2. The fourth-order valence-electron chi connectivity index (χ4n) is 3.98. The van der Waals surface area contributed by atoms with Crippen molar-refractivity contribution in [3.8, 4) is 11.5 Å². The molecule has 0 aliphatic carbocycles. The zero-order chi connectivity index (χ0) is 31.9. The van der Waals surface area contributed by atoms with Crippen LogP contribution in [0.15, 0.2) is 53.6 Å². The standard InChI is InChI=1S/C29H37ClN6O6S/c1-8-25(37)42-26-22(12-11-13-24(26)41-29(38)34(6)7)32-27-23(18-31-28(33-27)35(9-2)10-3)36(19(4)5)43(39,40)21-16-14-20(30)15-17-21/h11-19H,8-10H2,1-7H3,(H,31,32,33). The van der Waals surface area contributed by atoms with E-state index < -0.39 is 28.1 Å². The van der Waals surface area contributed by atoms with Gasteiger partial charge in [-0.2, -0.15) is 4.98 Å². The van der Waals surface area contributed by atoms with Crippen LogP contribution in [-0.4, -0.2) is 68.6 Å². The smallest absolute Gasteiger partial charge is 0.414 e. The first-order valence-corrected chi connectivity index (χ1v) is 15.6. The Hall–Kier alpha value is -4.10. The Morgan fingerprint density at radius 2 is 1.65 bits per heavy atom. The lowest BCUT2D eigenvalue weighted by Crippen LogP contribution is -2.38. The number of carbonyl (C=O) groups excluding carboxylic acids is 2. The summed E-state index contributed by atoms with van der Waals surface area (Å²) in [5.74, 6) is -0.175.